The quantitative estimate of drug-likeness (QED) is 0.418. The molecule has 5 aromatic rings. The zero-order valence-electron chi connectivity index (χ0n) is 16.2. The van der Waals surface area contributed by atoms with E-state index in [4.69, 9.17) is 4.42 Å². The lowest BCUT2D eigenvalue weighted by atomic mass is 10.0. The summed E-state index contributed by atoms with van der Waals surface area (Å²) in [7, 11) is 0. The van der Waals surface area contributed by atoms with Crippen molar-refractivity contribution < 1.29 is 9.21 Å². The molecule has 5 heteroatoms. The Morgan fingerprint density at radius 2 is 1.70 bits per heavy atom. The number of nitrogens with zero attached hydrogens (tertiary/aromatic N) is 2. The van der Waals surface area contributed by atoms with Crippen LogP contribution in [0.15, 0.2) is 102 Å². The van der Waals surface area contributed by atoms with E-state index in [1.165, 1.54) is 0 Å². The molecule has 0 bridgehead atoms. The van der Waals surface area contributed by atoms with E-state index in [1.54, 1.807) is 23.4 Å². The fraction of sp³-hybridized carbons (Fsp3) is 0.0400. The van der Waals surface area contributed by atoms with Gasteiger partial charge in [-0.15, -0.1) is 0 Å². The van der Waals surface area contributed by atoms with Gasteiger partial charge in [-0.1, -0.05) is 60.7 Å². The van der Waals surface area contributed by atoms with E-state index in [-0.39, 0.29) is 5.91 Å². The monoisotopic (exact) mass is 393 g/mol. The summed E-state index contributed by atoms with van der Waals surface area (Å²) in [4.78, 5) is 22.5. The molecule has 0 atom stereocenters. The standard InChI is InChI=1S/C25H19N3O2/c29-25(23-16-20-9-4-5-12-22(20)30-23)28(17-24-26-13-14-27-24)21-11-6-10-19(15-21)18-7-2-1-3-8-18/h1-16H,17H2,(H,26,27). The fourth-order valence-corrected chi connectivity index (χ4v) is 3.52. The van der Waals surface area contributed by atoms with Gasteiger partial charge in [-0.2, -0.15) is 0 Å². The maximum Gasteiger partial charge on any atom is 0.294 e. The van der Waals surface area contributed by atoms with Gasteiger partial charge in [0.2, 0.25) is 0 Å². The van der Waals surface area contributed by atoms with E-state index in [0.717, 1.165) is 22.2 Å². The van der Waals surface area contributed by atoms with Crippen molar-refractivity contribution in [1.82, 2.24) is 9.97 Å². The SMILES string of the molecule is O=C(c1cc2ccccc2o1)N(Cc1ncc[nH]1)c1cccc(-c2ccccc2)c1. The van der Waals surface area contributed by atoms with Crippen molar-refractivity contribution in [3.63, 3.8) is 0 Å². The molecule has 0 radical (unpaired) electrons. The van der Waals surface area contributed by atoms with Crippen LogP contribution in [0.25, 0.3) is 22.1 Å². The maximum absolute atomic E-state index is 13.5. The van der Waals surface area contributed by atoms with E-state index < -0.39 is 0 Å². The molecule has 1 N–H and O–H groups in total. The Kier molecular flexibility index (Phi) is 4.62. The van der Waals surface area contributed by atoms with E-state index in [0.29, 0.717) is 23.7 Å². The number of nitrogens with one attached hydrogen (secondary N) is 1. The molecule has 0 spiro atoms. The lowest BCUT2D eigenvalue weighted by Gasteiger charge is -2.21. The molecule has 3 aromatic carbocycles. The molecule has 0 saturated carbocycles. The number of rotatable bonds is 5. The third-order valence-corrected chi connectivity index (χ3v) is 5.01. The van der Waals surface area contributed by atoms with Crippen LogP contribution in [0.3, 0.4) is 0 Å². The summed E-state index contributed by atoms with van der Waals surface area (Å²) in [5.41, 5.74) is 3.60. The summed E-state index contributed by atoms with van der Waals surface area (Å²) < 4.78 is 5.84. The van der Waals surface area contributed by atoms with Crippen LogP contribution in [-0.2, 0) is 6.54 Å². The number of hydrogen-bond donors (Lipinski definition) is 1. The van der Waals surface area contributed by atoms with Crippen molar-refractivity contribution >= 4 is 22.6 Å². The summed E-state index contributed by atoms with van der Waals surface area (Å²) in [6, 6.07) is 27.4. The van der Waals surface area contributed by atoms with E-state index in [9.17, 15) is 4.79 Å². The number of aromatic nitrogens is 2. The second kappa shape index (κ2) is 7.72. The number of para-hydroxylation sites is 1. The van der Waals surface area contributed by atoms with Crippen LogP contribution in [0.4, 0.5) is 5.69 Å². The van der Waals surface area contributed by atoms with Crippen LogP contribution in [0.2, 0.25) is 0 Å². The van der Waals surface area contributed by atoms with Crippen molar-refractivity contribution in [2.75, 3.05) is 4.90 Å². The Bertz CT molecular complexity index is 1260. The number of amides is 1. The molecule has 0 aliphatic carbocycles. The first-order valence-electron chi connectivity index (χ1n) is 9.72. The number of H-pyrrole nitrogens is 1. The molecule has 2 heterocycles. The number of aromatic amines is 1. The van der Waals surface area contributed by atoms with Gasteiger partial charge in [0.05, 0.1) is 6.54 Å². The fourth-order valence-electron chi connectivity index (χ4n) is 3.52. The molecule has 2 aromatic heterocycles. The van der Waals surface area contributed by atoms with Gasteiger partial charge >= 0.3 is 0 Å². The van der Waals surface area contributed by atoms with Crippen LogP contribution in [0, 0.1) is 0 Å². The summed E-state index contributed by atoms with van der Waals surface area (Å²) >= 11 is 0. The first-order chi connectivity index (χ1) is 14.8. The summed E-state index contributed by atoms with van der Waals surface area (Å²) in [5, 5.41) is 0.900. The molecule has 30 heavy (non-hydrogen) atoms. The molecule has 0 saturated heterocycles. The van der Waals surface area contributed by atoms with Gasteiger partial charge < -0.3 is 9.40 Å². The Hall–Kier alpha value is -4.12. The van der Waals surface area contributed by atoms with Crippen molar-refractivity contribution in [1.29, 1.82) is 0 Å². The minimum atomic E-state index is -0.215. The normalized spacial score (nSPS) is 10.9. The number of carbonyl (C=O) groups is 1. The molecule has 0 aliphatic heterocycles. The van der Waals surface area contributed by atoms with Crippen LogP contribution < -0.4 is 4.90 Å². The van der Waals surface area contributed by atoms with Gasteiger partial charge in [0, 0.05) is 23.5 Å². The molecule has 1 amide bonds. The topological polar surface area (TPSA) is 62.1 Å². The Balaban J connectivity index is 1.56. The number of fused-ring (bicyclic) bond motifs is 1. The molecule has 0 unspecified atom stereocenters. The van der Waals surface area contributed by atoms with Crippen molar-refractivity contribution in [3.05, 3.63) is 109 Å². The highest BCUT2D eigenvalue weighted by atomic mass is 16.3. The van der Waals surface area contributed by atoms with Crippen molar-refractivity contribution in [3.8, 4) is 11.1 Å². The minimum absolute atomic E-state index is 0.215. The molecule has 5 nitrogen and oxygen atoms in total. The lowest BCUT2D eigenvalue weighted by molar-refractivity contribution is 0.0960. The number of anilines is 1. The third-order valence-electron chi connectivity index (χ3n) is 5.01. The van der Waals surface area contributed by atoms with Gasteiger partial charge in [0.1, 0.15) is 11.4 Å². The highest BCUT2D eigenvalue weighted by Crippen LogP contribution is 2.28. The first-order valence-corrected chi connectivity index (χ1v) is 9.72. The molecular formula is C25H19N3O2. The summed E-state index contributed by atoms with van der Waals surface area (Å²) in [5.74, 6) is 0.783. The highest BCUT2D eigenvalue weighted by molar-refractivity contribution is 6.06. The number of carbonyl (C=O) groups excluding carboxylic acids is 1. The minimum Gasteiger partial charge on any atom is -0.451 e. The molecular weight excluding hydrogens is 374 g/mol. The molecule has 0 fully saturated rings. The highest BCUT2D eigenvalue weighted by Gasteiger charge is 2.23. The van der Waals surface area contributed by atoms with Crippen LogP contribution >= 0.6 is 0 Å². The lowest BCUT2D eigenvalue weighted by Crippen LogP contribution is -2.30. The van der Waals surface area contributed by atoms with Gasteiger partial charge in [-0.05, 0) is 35.4 Å². The van der Waals surface area contributed by atoms with Crippen molar-refractivity contribution in [2.24, 2.45) is 0 Å². The smallest absolute Gasteiger partial charge is 0.294 e. The summed E-state index contributed by atoms with van der Waals surface area (Å²) in [6.45, 7) is 0.307. The average molecular weight is 393 g/mol. The largest absolute Gasteiger partial charge is 0.451 e. The molecule has 5 rings (SSSR count). The third kappa shape index (κ3) is 3.49. The molecule has 0 aliphatic rings. The second-order valence-electron chi connectivity index (χ2n) is 6.99. The summed E-state index contributed by atoms with van der Waals surface area (Å²) in [6.07, 6.45) is 3.43. The Morgan fingerprint density at radius 3 is 2.50 bits per heavy atom. The number of benzene rings is 3. The number of furan rings is 1. The second-order valence-corrected chi connectivity index (χ2v) is 6.99. The van der Waals surface area contributed by atoms with E-state index in [2.05, 4.69) is 22.1 Å². The first kappa shape index (κ1) is 17.9. The Morgan fingerprint density at radius 1 is 0.900 bits per heavy atom. The molecule has 146 valence electrons. The van der Waals surface area contributed by atoms with Gasteiger partial charge in [0.25, 0.3) is 5.91 Å². The number of imidazole rings is 1. The van der Waals surface area contributed by atoms with Gasteiger partial charge in [-0.25, -0.2) is 4.98 Å². The predicted octanol–water partition coefficient (Wildman–Crippen LogP) is 5.67. The zero-order chi connectivity index (χ0) is 20.3. The van der Waals surface area contributed by atoms with Gasteiger partial charge in [0.15, 0.2) is 5.76 Å². The van der Waals surface area contributed by atoms with Crippen molar-refractivity contribution in [2.45, 2.75) is 6.54 Å². The van der Waals surface area contributed by atoms with Crippen LogP contribution in [-0.4, -0.2) is 15.9 Å². The number of hydrogen-bond acceptors (Lipinski definition) is 3. The Labute approximate surface area is 173 Å². The van der Waals surface area contributed by atoms with Crippen LogP contribution in [0.1, 0.15) is 16.4 Å². The average Bonchev–Trinajstić information content (AvgIpc) is 3.47. The van der Waals surface area contributed by atoms with Crippen LogP contribution in [0.5, 0.6) is 0 Å². The van der Waals surface area contributed by atoms with Gasteiger partial charge in [-0.3, -0.25) is 9.69 Å². The van der Waals surface area contributed by atoms with E-state index in [1.807, 2.05) is 66.7 Å². The van der Waals surface area contributed by atoms with E-state index >= 15 is 0 Å². The predicted molar refractivity (Wildman–Crippen MR) is 117 cm³/mol. The zero-order valence-corrected chi connectivity index (χ0v) is 16.2. The maximum atomic E-state index is 13.5.